The van der Waals surface area contributed by atoms with Crippen molar-refractivity contribution < 1.29 is 19.6 Å². The van der Waals surface area contributed by atoms with E-state index in [0.29, 0.717) is 0 Å². The zero-order chi connectivity index (χ0) is 8.91. The molecule has 0 amide bonds. The van der Waals surface area contributed by atoms with Gasteiger partial charge in [0.05, 0.1) is 18.2 Å². The molecule has 0 aliphatic heterocycles. The first kappa shape index (κ1) is 11.2. The van der Waals surface area contributed by atoms with Gasteiger partial charge in [-0.3, -0.25) is 4.79 Å². The lowest BCUT2D eigenvalue weighted by Crippen LogP contribution is -1.98. The fourth-order valence-corrected chi connectivity index (χ4v) is 2.75. The van der Waals surface area contributed by atoms with Gasteiger partial charge in [-0.15, -0.1) is 0 Å². The van der Waals surface area contributed by atoms with Crippen LogP contribution < -0.4 is 0 Å². The van der Waals surface area contributed by atoms with Crippen LogP contribution >= 0.6 is 18.9 Å². The third-order valence-electron chi connectivity index (χ3n) is 1.02. The standard InChI is InChI=1S/C5H11O4PS/c1-5(8)11-4-10(9,2-6)3-7/h6-7H,2-4H2,1H3. The lowest BCUT2D eigenvalue weighted by atomic mass is 10.9. The highest BCUT2D eigenvalue weighted by molar-refractivity contribution is 8.17. The second kappa shape index (κ2) is 4.93. The van der Waals surface area contributed by atoms with Crippen LogP contribution in [0.15, 0.2) is 0 Å². The van der Waals surface area contributed by atoms with Crippen LogP contribution in [0.25, 0.3) is 0 Å². The van der Waals surface area contributed by atoms with E-state index in [9.17, 15) is 9.36 Å². The lowest BCUT2D eigenvalue weighted by molar-refractivity contribution is -0.109. The molecule has 0 fully saturated rings. The summed E-state index contributed by atoms with van der Waals surface area (Å²) in [4.78, 5) is 10.4. The van der Waals surface area contributed by atoms with Crippen LogP contribution in [0.5, 0.6) is 0 Å². The second-order valence-corrected chi connectivity index (χ2v) is 6.68. The van der Waals surface area contributed by atoms with Gasteiger partial charge in [-0.1, -0.05) is 11.8 Å². The maximum atomic E-state index is 11.2. The molecule has 0 saturated carbocycles. The summed E-state index contributed by atoms with van der Waals surface area (Å²) >= 11 is 0.865. The average molecular weight is 198 g/mol. The summed E-state index contributed by atoms with van der Waals surface area (Å²) in [6, 6.07) is 0. The monoisotopic (exact) mass is 198 g/mol. The average Bonchev–Trinajstić information content (AvgIpc) is 2.00. The van der Waals surface area contributed by atoms with Gasteiger partial charge >= 0.3 is 0 Å². The van der Waals surface area contributed by atoms with Crippen LogP contribution in [-0.4, -0.2) is 33.5 Å². The minimum absolute atomic E-state index is 0.0231. The molecule has 4 nitrogen and oxygen atoms in total. The highest BCUT2D eigenvalue weighted by Gasteiger charge is 2.20. The first-order valence-corrected chi connectivity index (χ1v) is 6.21. The Balaban J connectivity index is 3.89. The Bertz CT molecular complexity index is 173. The first-order valence-electron chi connectivity index (χ1n) is 2.96. The maximum Gasteiger partial charge on any atom is 0.186 e. The normalized spacial score (nSPS) is 11.5. The summed E-state index contributed by atoms with van der Waals surface area (Å²) in [5.74, 6) is 0. The van der Waals surface area contributed by atoms with E-state index in [0.717, 1.165) is 11.8 Å². The molecule has 0 rings (SSSR count). The van der Waals surface area contributed by atoms with Gasteiger partial charge < -0.3 is 14.8 Å². The molecule has 11 heavy (non-hydrogen) atoms. The summed E-state index contributed by atoms with van der Waals surface area (Å²) < 4.78 is 11.2. The van der Waals surface area contributed by atoms with Gasteiger partial charge in [-0.25, -0.2) is 0 Å². The highest BCUT2D eigenvalue weighted by Crippen LogP contribution is 2.46. The second-order valence-electron chi connectivity index (χ2n) is 2.11. The molecular formula is C5H11O4PS. The van der Waals surface area contributed by atoms with E-state index in [-0.39, 0.29) is 10.6 Å². The molecule has 0 aromatic carbocycles. The molecule has 0 aromatic rings. The molecule has 0 aliphatic rings. The van der Waals surface area contributed by atoms with E-state index in [1.807, 2.05) is 0 Å². The van der Waals surface area contributed by atoms with Crippen molar-refractivity contribution in [1.82, 2.24) is 0 Å². The topological polar surface area (TPSA) is 74.6 Å². The molecule has 0 radical (unpaired) electrons. The summed E-state index contributed by atoms with van der Waals surface area (Å²) in [6.07, 6.45) is -1.08. The van der Waals surface area contributed by atoms with Crippen LogP contribution in [0.4, 0.5) is 0 Å². The quantitative estimate of drug-likeness (QED) is 0.643. The van der Waals surface area contributed by atoms with Crippen LogP contribution in [0.2, 0.25) is 0 Å². The third-order valence-corrected chi connectivity index (χ3v) is 4.85. The van der Waals surface area contributed by atoms with Crippen molar-refractivity contribution in [3.63, 3.8) is 0 Å². The van der Waals surface area contributed by atoms with Gasteiger partial charge in [-0.05, 0) is 0 Å². The van der Waals surface area contributed by atoms with Crippen molar-refractivity contribution >= 4 is 24.0 Å². The fourth-order valence-electron chi connectivity index (χ4n) is 0.335. The number of aliphatic hydroxyl groups excluding tert-OH is 2. The van der Waals surface area contributed by atoms with E-state index >= 15 is 0 Å². The molecule has 0 atom stereocenters. The van der Waals surface area contributed by atoms with Gasteiger partial charge in [0.15, 0.2) is 5.12 Å². The molecule has 0 aromatic heterocycles. The molecule has 0 bridgehead atoms. The van der Waals surface area contributed by atoms with Gasteiger partial charge in [-0.2, -0.15) is 0 Å². The predicted molar refractivity (Wildman–Crippen MR) is 44.9 cm³/mol. The van der Waals surface area contributed by atoms with Gasteiger partial charge in [0, 0.05) is 6.92 Å². The number of aliphatic hydroxyl groups is 2. The lowest BCUT2D eigenvalue weighted by Gasteiger charge is -2.09. The van der Waals surface area contributed by atoms with Gasteiger partial charge in [0.25, 0.3) is 0 Å². The van der Waals surface area contributed by atoms with Crippen molar-refractivity contribution in [1.29, 1.82) is 0 Å². The maximum absolute atomic E-state index is 11.2. The zero-order valence-electron chi connectivity index (χ0n) is 6.19. The van der Waals surface area contributed by atoms with Gasteiger partial charge in [0.1, 0.15) is 7.14 Å². The van der Waals surface area contributed by atoms with Crippen molar-refractivity contribution in [2.75, 3.05) is 18.2 Å². The van der Waals surface area contributed by atoms with Crippen molar-refractivity contribution in [2.45, 2.75) is 6.92 Å². The van der Waals surface area contributed by atoms with E-state index in [1.54, 1.807) is 0 Å². The molecule has 0 unspecified atom stereocenters. The zero-order valence-corrected chi connectivity index (χ0v) is 7.90. The smallest absolute Gasteiger partial charge is 0.186 e. The summed E-state index contributed by atoms with van der Waals surface area (Å²) in [6.45, 7) is 1.35. The van der Waals surface area contributed by atoms with Crippen LogP contribution in [-0.2, 0) is 9.36 Å². The molecule has 0 aliphatic carbocycles. The number of thioether (sulfide) groups is 1. The Labute approximate surface area is 69.4 Å². The van der Waals surface area contributed by atoms with Crippen LogP contribution in [0.3, 0.4) is 0 Å². The summed E-state index contributed by atoms with van der Waals surface area (Å²) in [5.41, 5.74) is 0.0231. The summed E-state index contributed by atoms with van der Waals surface area (Å²) in [5, 5.41) is 16.9. The molecule has 0 spiro atoms. The van der Waals surface area contributed by atoms with Crippen LogP contribution in [0, 0.1) is 0 Å². The Morgan fingerprint density at radius 3 is 2.18 bits per heavy atom. The highest BCUT2D eigenvalue weighted by atomic mass is 32.2. The number of carbonyl (C=O) groups is 1. The molecule has 0 heterocycles. The number of hydrogen-bond acceptors (Lipinski definition) is 5. The molecule has 2 N–H and O–H groups in total. The fraction of sp³-hybridized carbons (Fsp3) is 0.800. The number of rotatable bonds is 4. The minimum atomic E-state index is -2.88. The van der Waals surface area contributed by atoms with E-state index in [4.69, 9.17) is 10.2 Å². The SMILES string of the molecule is CC(=O)SCP(=O)(CO)CO. The largest absolute Gasteiger partial charge is 0.389 e. The van der Waals surface area contributed by atoms with Crippen molar-refractivity contribution in [3.8, 4) is 0 Å². The van der Waals surface area contributed by atoms with Gasteiger partial charge in [0.2, 0.25) is 0 Å². The molecule has 0 saturated heterocycles. The number of carbonyl (C=O) groups excluding carboxylic acids is 1. The number of hydrogen-bond donors (Lipinski definition) is 2. The van der Waals surface area contributed by atoms with E-state index in [2.05, 4.69) is 0 Å². The molecule has 6 heteroatoms. The Hall–Kier alpha value is 0.170. The Morgan fingerprint density at radius 2 is 1.91 bits per heavy atom. The minimum Gasteiger partial charge on any atom is -0.389 e. The van der Waals surface area contributed by atoms with Crippen molar-refractivity contribution in [3.05, 3.63) is 0 Å². The Kier molecular flexibility index (Phi) is 5.01. The van der Waals surface area contributed by atoms with Crippen LogP contribution in [0.1, 0.15) is 6.92 Å². The van der Waals surface area contributed by atoms with Crippen molar-refractivity contribution in [2.24, 2.45) is 0 Å². The first-order chi connectivity index (χ1) is 5.04. The molecular weight excluding hydrogens is 187 g/mol. The Morgan fingerprint density at radius 1 is 1.45 bits per heavy atom. The predicted octanol–water partition coefficient (Wildman–Crippen LogP) is 0.486. The summed E-state index contributed by atoms with van der Waals surface area (Å²) in [7, 11) is -2.88. The van der Waals surface area contributed by atoms with E-state index < -0.39 is 19.8 Å². The molecule has 66 valence electrons. The third kappa shape index (κ3) is 4.58. The van der Waals surface area contributed by atoms with E-state index in [1.165, 1.54) is 6.92 Å².